The van der Waals surface area contributed by atoms with E-state index in [1.165, 1.54) is 0 Å². The van der Waals surface area contributed by atoms with Gasteiger partial charge in [0.05, 0.1) is 23.9 Å². The molecule has 0 amide bonds. The number of pyridine rings is 1. The van der Waals surface area contributed by atoms with Crippen LogP contribution in [0.5, 0.6) is 0 Å². The summed E-state index contributed by atoms with van der Waals surface area (Å²) in [6.45, 7) is 1.96. The van der Waals surface area contributed by atoms with Crippen molar-refractivity contribution in [3.8, 4) is 0 Å². The summed E-state index contributed by atoms with van der Waals surface area (Å²) in [6, 6.07) is 16.0. The first-order chi connectivity index (χ1) is 13.8. The minimum atomic E-state index is 0.544. The van der Waals surface area contributed by atoms with Gasteiger partial charge in [0.25, 0.3) is 0 Å². The molecule has 0 fully saturated rings. The van der Waals surface area contributed by atoms with Crippen LogP contribution in [-0.4, -0.2) is 26.5 Å². The highest BCUT2D eigenvalue weighted by molar-refractivity contribution is 6.13. The number of fused-ring (bicyclic) bond motifs is 4. The molecular weight excluding hydrogens is 352 g/mol. The summed E-state index contributed by atoms with van der Waals surface area (Å²) in [4.78, 5) is 4.84. The van der Waals surface area contributed by atoms with E-state index in [0.717, 1.165) is 57.3 Å². The molecule has 0 aliphatic rings. The Hall–Kier alpha value is -3.45. The molecule has 0 unspecified atom stereocenters. The first kappa shape index (κ1) is 16.7. The Kier molecular flexibility index (Phi) is 4.14. The molecule has 3 aromatic heterocycles. The van der Waals surface area contributed by atoms with Crippen LogP contribution in [0, 0.1) is 0 Å². The lowest BCUT2D eigenvalue weighted by atomic mass is 10.1. The van der Waals surface area contributed by atoms with Gasteiger partial charge in [0.2, 0.25) is 0 Å². The smallest absolute Gasteiger partial charge is 0.177 e. The van der Waals surface area contributed by atoms with Crippen LogP contribution >= 0.6 is 0 Å². The van der Waals surface area contributed by atoms with Gasteiger partial charge in [-0.1, -0.05) is 35.5 Å². The van der Waals surface area contributed by atoms with Crippen LogP contribution in [0.15, 0.2) is 59.1 Å². The van der Waals surface area contributed by atoms with E-state index in [2.05, 4.69) is 21.7 Å². The Morgan fingerprint density at radius 1 is 1.04 bits per heavy atom. The first-order valence-electron chi connectivity index (χ1n) is 9.36. The lowest BCUT2D eigenvalue weighted by molar-refractivity contribution is 0.564. The number of hydrogen-bond acceptors (Lipinski definition) is 6. The molecule has 0 spiro atoms. The number of nitrogens with one attached hydrogen (secondary N) is 1. The minimum Gasteiger partial charge on any atom is -0.452 e. The van der Waals surface area contributed by atoms with E-state index in [9.17, 15) is 0 Å². The van der Waals surface area contributed by atoms with E-state index in [-0.39, 0.29) is 0 Å². The molecule has 28 heavy (non-hydrogen) atoms. The summed E-state index contributed by atoms with van der Waals surface area (Å²) >= 11 is 0. The van der Waals surface area contributed by atoms with Crippen LogP contribution in [0.2, 0.25) is 0 Å². The summed E-state index contributed by atoms with van der Waals surface area (Å²) in [7, 11) is 0. The Morgan fingerprint density at radius 2 is 1.86 bits per heavy atom. The molecule has 0 radical (unpaired) electrons. The standard InChI is InChI=1S/C21H20N6O/c22-10-5-11-27-13-14(25-26-27)12-23-19-15-6-1-3-8-17(15)24-20-16-7-2-4-9-18(16)28-21(19)20/h1-4,6-9,13H,5,10-12,22H2,(H,23,24). The molecule has 0 atom stereocenters. The Balaban J connectivity index is 1.57. The topological polar surface area (TPSA) is 94.8 Å². The fraction of sp³-hybridized carbons (Fsp3) is 0.190. The zero-order valence-corrected chi connectivity index (χ0v) is 15.3. The Morgan fingerprint density at radius 3 is 2.75 bits per heavy atom. The van der Waals surface area contributed by atoms with E-state index in [1.807, 2.05) is 53.3 Å². The number of anilines is 1. The maximum atomic E-state index is 6.16. The van der Waals surface area contributed by atoms with Crippen LogP contribution < -0.4 is 11.1 Å². The lowest BCUT2D eigenvalue weighted by Gasteiger charge is -2.09. The molecule has 0 saturated heterocycles. The summed E-state index contributed by atoms with van der Waals surface area (Å²) < 4.78 is 7.98. The molecular formula is C21H20N6O. The first-order valence-corrected chi connectivity index (χ1v) is 9.36. The van der Waals surface area contributed by atoms with Gasteiger partial charge in [-0.3, -0.25) is 4.68 Å². The number of nitrogens with two attached hydrogens (primary N) is 1. The van der Waals surface area contributed by atoms with Crippen LogP contribution in [0.1, 0.15) is 12.1 Å². The second-order valence-corrected chi connectivity index (χ2v) is 6.75. The van der Waals surface area contributed by atoms with Gasteiger partial charge in [-0.05, 0) is 31.2 Å². The number of benzene rings is 2. The van der Waals surface area contributed by atoms with Gasteiger partial charge in [0, 0.05) is 17.3 Å². The van der Waals surface area contributed by atoms with E-state index in [0.29, 0.717) is 13.1 Å². The van der Waals surface area contributed by atoms with Gasteiger partial charge in [0.1, 0.15) is 16.8 Å². The Labute approximate surface area is 161 Å². The maximum Gasteiger partial charge on any atom is 0.177 e. The molecule has 5 rings (SSSR count). The van der Waals surface area contributed by atoms with Gasteiger partial charge in [-0.15, -0.1) is 5.10 Å². The summed E-state index contributed by atoms with van der Waals surface area (Å²) in [6.07, 6.45) is 2.83. The third-order valence-corrected chi connectivity index (χ3v) is 4.83. The number of hydrogen-bond donors (Lipinski definition) is 2. The Bertz CT molecular complexity index is 1270. The van der Waals surface area contributed by atoms with Crippen molar-refractivity contribution >= 4 is 38.7 Å². The maximum absolute atomic E-state index is 6.16. The molecule has 2 aromatic carbocycles. The van der Waals surface area contributed by atoms with Crippen molar-refractivity contribution in [2.24, 2.45) is 5.73 Å². The predicted octanol–water partition coefficient (Wildman–Crippen LogP) is 3.69. The van der Waals surface area contributed by atoms with E-state index >= 15 is 0 Å². The average Bonchev–Trinajstić information content (AvgIpc) is 3.34. The third-order valence-electron chi connectivity index (χ3n) is 4.83. The number of furan rings is 1. The zero-order chi connectivity index (χ0) is 18.9. The highest BCUT2D eigenvalue weighted by Gasteiger charge is 2.16. The molecule has 7 heteroatoms. The molecule has 0 aliphatic carbocycles. The number of aromatic nitrogens is 4. The van der Waals surface area contributed by atoms with Crippen molar-refractivity contribution < 1.29 is 4.42 Å². The predicted molar refractivity (Wildman–Crippen MR) is 110 cm³/mol. The van der Waals surface area contributed by atoms with Crippen LogP contribution in [0.3, 0.4) is 0 Å². The largest absolute Gasteiger partial charge is 0.452 e. The molecule has 3 N–H and O–H groups in total. The van der Waals surface area contributed by atoms with Gasteiger partial charge < -0.3 is 15.5 Å². The zero-order valence-electron chi connectivity index (χ0n) is 15.3. The van der Waals surface area contributed by atoms with E-state index in [4.69, 9.17) is 15.1 Å². The fourth-order valence-corrected chi connectivity index (χ4v) is 3.47. The monoisotopic (exact) mass is 372 g/mol. The molecule has 5 aromatic rings. The summed E-state index contributed by atoms with van der Waals surface area (Å²) in [5.41, 5.74) is 10.7. The van der Waals surface area contributed by atoms with Crippen molar-refractivity contribution in [2.45, 2.75) is 19.5 Å². The summed E-state index contributed by atoms with van der Waals surface area (Å²) in [5.74, 6) is 0. The quantitative estimate of drug-likeness (QED) is 0.472. The number of rotatable bonds is 6. The van der Waals surface area contributed by atoms with Gasteiger partial charge in [0.15, 0.2) is 5.58 Å². The van der Waals surface area contributed by atoms with Gasteiger partial charge in [-0.2, -0.15) is 0 Å². The number of para-hydroxylation sites is 2. The molecule has 0 bridgehead atoms. The van der Waals surface area contributed by atoms with Crippen molar-refractivity contribution in [3.05, 3.63) is 60.4 Å². The van der Waals surface area contributed by atoms with Crippen molar-refractivity contribution in [3.63, 3.8) is 0 Å². The van der Waals surface area contributed by atoms with Gasteiger partial charge in [-0.25, -0.2) is 4.98 Å². The molecule has 3 heterocycles. The molecule has 7 nitrogen and oxygen atoms in total. The second-order valence-electron chi connectivity index (χ2n) is 6.75. The highest BCUT2D eigenvalue weighted by Crippen LogP contribution is 2.36. The van der Waals surface area contributed by atoms with E-state index in [1.54, 1.807) is 0 Å². The average molecular weight is 372 g/mol. The highest BCUT2D eigenvalue weighted by atomic mass is 16.3. The van der Waals surface area contributed by atoms with E-state index < -0.39 is 0 Å². The minimum absolute atomic E-state index is 0.544. The lowest BCUT2D eigenvalue weighted by Crippen LogP contribution is -2.06. The second kappa shape index (κ2) is 6.94. The SMILES string of the molecule is NCCCn1cc(CNc2c3ccccc3nc3c2oc2ccccc23)nn1. The third kappa shape index (κ3) is 2.86. The number of nitrogens with zero attached hydrogens (tertiary/aromatic N) is 4. The molecule has 140 valence electrons. The van der Waals surface area contributed by atoms with Crippen molar-refractivity contribution in [1.82, 2.24) is 20.0 Å². The summed E-state index contributed by atoms with van der Waals surface area (Å²) in [5, 5.41) is 13.9. The normalized spacial score (nSPS) is 11.6. The van der Waals surface area contributed by atoms with Crippen molar-refractivity contribution in [2.75, 3.05) is 11.9 Å². The molecule has 0 saturated carbocycles. The van der Waals surface area contributed by atoms with Crippen LogP contribution in [0.4, 0.5) is 5.69 Å². The van der Waals surface area contributed by atoms with Crippen LogP contribution in [-0.2, 0) is 13.1 Å². The van der Waals surface area contributed by atoms with Crippen molar-refractivity contribution in [1.29, 1.82) is 0 Å². The van der Waals surface area contributed by atoms with Crippen LogP contribution in [0.25, 0.3) is 33.0 Å². The molecule has 0 aliphatic heterocycles. The van der Waals surface area contributed by atoms with Gasteiger partial charge >= 0.3 is 0 Å². The number of aryl methyl sites for hydroxylation is 1. The fourth-order valence-electron chi connectivity index (χ4n) is 3.47.